The number of nitrogens with zero attached hydrogens (tertiary/aromatic N) is 4. The van der Waals surface area contributed by atoms with E-state index >= 15 is 0 Å². The summed E-state index contributed by atoms with van der Waals surface area (Å²) in [6.07, 6.45) is 4.97. The Kier molecular flexibility index (Phi) is 6.72. The van der Waals surface area contributed by atoms with Gasteiger partial charge >= 0.3 is 0 Å². The lowest BCUT2D eigenvalue weighted by molar-refractivity contribution is 0.473. The minimum absolute atomic E-state index is 0. The molecular weight excluding hydrogens is 323 g/mol. The number of aryl methyl sites for hydroxylation is 1. The summed E-state index contributed by atoms with van der Waals surface area (Å²) in [5.74, 6) is 0.883. The van der Waals surface area contributed by atoms with Gasteiger partial charge in [-0.15, -0.1) is 37.2 Å². The van der Waals surface area contributed by atoms with Gasteiger partial charge in [0.25, 0.3) is 0 Å². The van der Waals surface area contributed by atoms with Crippen molar-refractivity contribution < 1.29 is 5.11 Å². The zero-order valence-corrected chi connectivity index (χ0v) is 12.9. The van der Waals surface area contributed by atoms with Crippen LogP contribution in [0, 0.1) is 6.92 Å². The lowest BCUT2D eigenvalue weighted by atomic mass is 10.1. The van der Waals surface area contributed by atoms with Gasteiger partial charge in [0.15, 0.2) is 5.65 Å². The standard InChI is InChI=1S/C12H10N4O.3ClH/c1-8-14-12-3-2-9(7-16(12)15-8)10-4-11(17)6-13-5-10;;;/h2-7,17H,1H3;3*1H. The van der Waals surface area contributed by atoms with Crippen LogP contribution < -0.4 is 0 Å². The van der Waals surface area contributed by atoms with Gasteiger partial charge in [0, 0.05) is 23.5 Å². The van der Waals surface area contributed by atoms with E-state index in [4.69, 9.17) is 0 Å². The SMILES string of the molecule is Cc1nc2ccc(-c3cncc(O)c3)cn2n1.Cl.Cl.Cl. The molecule has 3 rings (SSSR count). The molecule has 0 atom stereocenters. The number of rotatable bonds is 1. The van der Waals surface area contributed by atoms with Crippen LogP contribution >= 0.6 is 37.2 Å². The van der Waals surface area contributed by atoms with Crippen molar-refractivity contribution in [1.82, 2.24) is 19.6 Å². The molecule has 0 aliphatic carbocycles. The van der Waals surface area contributed by atoms with E-state index in [0.29, 0.717) is 0 Å². The maximum Gasteiger partial charge on any atom is 0.155 e. The van der Waals surface area contributed by atoms with Crippen LogP contribution in [0.15, 0.2) is 36.8 Å². The van der Waals surface area contributed by atoms with E-state index in [9.17, 15) is 5.11 Å². The molecule has 3 aromatic heterocycles. The van der Waals surface area contributed by atoms with Crippen LogP contribution in [0.2, 0.25) is 0 Å². The molecule has 0 spiro atoms. The molecule has 3 heterocycles. The summed E-state index contributed by atoms with van der Waals surface area (Å²) >= 11 is 0. The first-order valence-electron chi connectivity index (χ1n) is 5.20. The highest BCUT2D eigenvalue weighted by atomic mass is 35.5. The van der Waals surface area contributed by atoms with Gasteiger partial charge < -0.3 is 5.11 Å². The van der Waals surface area contributed by atoms with Gasteiger partial charge in [0.1, 0.15) is 11.6 Å². The molecule has 1 N–H and O–H groups in total. The normalized spacial score (nSPS) is 9.25. The van der Waals surface area contributed by atoms with E-state index in [0.717, 1.165) is 22.6 Å². The Labute approximate surface area is 134 Å². The second-order valence-corrected chi connectivity index (χ2v) is 3.81. The number of hydrogen-bond acceptors (Lipinski definition) is 4. The number of pyridine rings is 2. The van der Waals surface area contributed by atoms with E-state index in [1.165, 1.54) is 6.20 Å². The average Bonchev–Trinajstić information content (AvgIpc) is 2.68. The average molecular weight is 336 g/mol. The number of fused-ring (bicyclic) bond motifs is 1. The Bertz CT molecular complexity index is 702. The monoisotopic (exact) mass is 334 g/mol. The van der Waals surface area contributed by atoms with Crippen molar-refractivity contribution in [2.75, 3.05) is 0 Å². The summed E-state index contributed by atoms with van der Waals surface area (Å²) in [6.45, 7) is 1.85. The lowest BCUT2D eigenvalue weighted by Gasteiger charge is -2.01. The third-order valence-electron chi connectivity index (χ3n) is 2.49. The maximum atomic E-state index is 9.39. The Morgan fingerprint density at radius 1 is 1.05 bits per heavy atom. The zero-order valence-electron chi connectivity index (χ0n) is 10.4. The fraction of sp³-hybridized carbons (Fsp3) is 0.0833. The molecule has 20 heavy (non-hydrogen) atoms. The van der Waals surface area contributed by atoms with Crippen molar-refractivity contribution in [3.63, 3.8) is 0 Å². The van der Waals surface area contributed by atoms with Gasteiger partial charge in [-0.25, -0.2) is 9.50 Å². The van der Waals surface area contributed by atoms with E-state index in [1.54, 1.807) is 16.8 Å². The molecule has 0 aliphatic heterocycles. The van der Waals surface area contributed by atoms with Gasteiger partial charge in [-0.3, -0.25) is 4.98 Å². The predicted octanol–water partition coefficient (Wildman–Crippen LogP) is 3.07. The fourth-order valence-corrected chi connectivity index (χ4v) is 1.75. The van der Waals surface area contributed by atoms with Crippen molar-refractivity contribution in [2.45, 2.75) is 6.92 Å². The van der Waals surface area contributed by atoms with Crippen molar-refractivity contribution >= 4 is 42.9 Å². The van der Waals surface area contributed by atoms with E-state index < -0.39 is 0 Å². The van der Waals surface area contributed by atoms with Gasteiger partial charge in [0.2, 0.25) is 0 Å². The Balaban J connectivity index is 0.00000120. The first-order chi connectivity index (χ1) is 8.22. The van der Waals surface area contributed by atoms with E-state index in [2.05, 4.69) is 15.1 Å². The number of hydrogen-bond donors (Lipinski definition) is 1. The van der Waals surface area contributed by atoms with Crippen molar-refractivity contribution in [1.29, 1.82) is 0 Å². The van der Waals surface area contributed by atoms with Crippen molar-refractivity contribution in [3.05, 3.63) is 42.6 Å². The minimum Gasteiger partial charge on any atom is -0.506 e. The van der Waals surface area contributed by atoms with Gasteiger partial charge in [-0.2, -0.15) is 5.10 Å². The third-order valence-corrected chi connectivity index (χ3v) is 2.49. The van der Waals surface area contributed by atoms with Crippen molar-refractivity contribution in [3.8, 4) is 16.9 Å². The molecule has 0 unspecified atom stereocenters. The molecule has 108 valence electrons. The number of aromatic hydroxyl groups is 1. The molecular formula is C12H13Cl3N4O. The summed E-state index contributed by atoms with van der Waals surface area (Å²) < 4.78 is 1.72. The largest absolute Gasteiger partial charge is 0.506 e. The predicted molar refractivity (Wildman–Crippen MR) is 84.4 cm³/mol. The summed E-state index contributed by atoms with van der Waals surface area (Å²) in [7, 11) is 0. The Hall–Kier alpha value is -1.56. The second kappa shape index (κ2) is 7.28. The van der Waals surface area contributed by atoms with Crippen LogP contribution in [0.4, 0.5) is 0 Å². The number of aromatic nitrogens is 4. The molecule has 0 fully saturated rings. The maximum absolute atomic E-state index is 9.39. The zero-order chi connectivity index (χ0) is 11.8. The topological polar surface area (TPSA) is 63.3 Å². The number of halogens is 3. The quantitative estimate of drug-likeness (QED) is 0.742. The molecule has 0 saturated heterocycles. The van der Waals surface area contributed by atoms with Crippen LogP contribution in [-0.2, 0) is 0 Å². The van der Waals surface area contributed by atoms with Gasteiger partial charge in [-0.1, -0.05) is 0 Å². The molecule has 0 amide bonds. The minimum atomic E-state index is 0. The molecule has 0 saturated carbocycles. The van der Waals surface area contributed by atoms with Crippen LogP contribution in [0.5, 0.6) is 5.75 Å². The molecule has 8 heteroatoms. The second-order valence-electron chi connectivity index (χ2n) is 3.81. The smallest absolute Gasteiger partial charge is 0.155 e. The summed E-state index contributed by atoms with van der Waals surface area (Å²) in [5.41, 5.74) is 2.59. The highest BCUT2D eigenvalue weighted by Gasteiger charge is 2.03. The molecule has 3 aromatic rings. The Morgan fingerprint density at radius 3 is 2.50 bits per heavy atom. The summed E-state index contributed by atoms with van der Waals surface area (Å²) in [5, 5.41) is 13.6. The summed E-state index contributed by atoms with van der Waals surface area (Å²) in [4.78, 5) is 8.20. The third kappa shape index (κ3) is 3.50. The van der Waals surface area contributed by atoms with E-state index in [1.807, 2.05) is 25.3 Å². The molecule has 0 bridgehead atoms. The van der Waals surface area contributed by atoms with Gasteiger partial charge in [-0.05, 0) is 25.1 Å². The Morgan fingerprint density at radius 2 is 1.80 bits per heavy atom. The molecule has 0 aliphatic rings. The first kappa shape index (κ1) is 18.4. The van der Waals surface area contributed by atoms with Crippen LogP contribution in [-0.4, -0.2) is 24.7 Å². The fourth-order valence-electron chi connectivity index (χ4n) is 1.75. The van der Waals surface area contributed by atoms with E-state index in [-0.39, 0.29) is 43.0 Å². The highest BCUT2D eigenvalue weighted by molar-refractivity contribution is 5.86. The highest BCUT2D eigenvalue weighted by Crippen LogP contribution is 2.21. The van der Waals surface area contributed by atoms with Crippen LogP contribution in [0.1, 0.15) is 5.82 Å². The first-order valence-corrected chi connectivity index (χ1v) is 5.20. The van der Waals surface area contributed by atoms with Gasteiger partial charge in [0.05, 0.1) is 6.20 Å². The molecule has 5 nitrogen and oxygen atoms in total. The van der Waals surface area contributed by atoms with Crippen LogP contribution in [0.3, 0.4) is 0 Å². The lowest BCUT2D eigenvalue weighted by Crippen LogP contribution is -1.89. The van der Waals surface area contributed by atoms with Crippen molar-refractivity contribution in [2.24, 2.45) is 0 Å². The van der Waals surface area contributed by atoms with Crippen LogP contribution in [0.25, 0.3) is 16.8 Å². The molecule has 0 aromatic carbocycles. The molecule has 0 radical (unpaired) electrons. The summed E-state index contributed by atoms with van der Waals surface area (Å²) in [6, 6.07) is 5.48.